The van der Waals surface area contributed by atoms with Gasteiger partial charge in [-0.15, -0.1) is 0 Å². The van der Waals surface area contributed by atoms with Crippen LogP contribution in [0.4, 0.5) is 14.9 Å². The molecule has 0 radical (unpaired) electrons. The number of urea groups is 1. The zero-order valence-corrected chi connectivity index (χ0v) is 13.3. The Bertz CT molecular complexity index is 684. The third-order valence-corrected chi connectivity index (χ3v) is 4.36. The molecule has 3 rings (SSSR count). The highest BCUT2D eigenvalue weighted by atomic mass is 19.1. The van der Waals surface area contributed by atoms with Crippen molar-refractivity contribution in [2.24, 2.45) is 0 Å². The Balaban J connectivity index is 1.72. The number of likely N-dealkylation sites (tertiary alicyclic amines) is 1. The number of benzene rings is 2. The van der Waals surface area contributed by atoms with Crippen LogP contribution in [0.2, 0.25) is 0 Å². The van der Waals surface area contributed by atoms with Crippen molar-refractivity contribution in [3.8, 4) is 0 Å². The van der Waals surface area contributed by atoms with Crippen LogP contribution in [0.15, 0.2) is 48.5 Å². The lowest BCUT2D eigenvalue weighted by atomic mass is 10.0. The Morgan fingerprint density at radius 2 is 2.04 bits per heavy atom. The molecule has 3 nitrogen and oxygen atoms in total. The third kappa shape index (κ3) is 3.52. The molecule has 0 spiro atoms. The highest BCUT2D eigenvalue weighted by molar-refractivity contribution is 5.89. The summed E-state index contributed by atoms with van der Waals surface area (Å²) in [4.78, 5) is 14.4. The summed E-state index contributed by atoms with van der Waals surface area (Å²) in [6.45, 7) is 2.79. The molecule has 1 aliphatic rings. The lowest BCUT2D eigenvalue weighted by molar-refractivity contribution is 0.207. The number of anilines is 1. The minimum atomic E-state index is -0.259. The van der Waals surface area contributed by atoms with Crippen molar-refractivity contribution in [1.82, 2.24) is 4.90 Å². The normalized spacial score (nSPS) is 17.3. The van der Waals surface area contributed by atoms with E-state index in [-0.39, 0.29) is 17.9 Å². The Kier molecular flexibility index (Phi) is 4.60. The zero-order chi connectivity index (χ0) is 16.2. The topological polar surface area (TPSA) is 32.3 Å². The van der Waals surface area contributed by atoms with Crippen molar-refractivity contribution >= 4 is 11.7 Å². The maximum absolute atomic E-state index is 13.4. The summed E-state index contributed by atoms with van der Waals surface area (Å²) in [7, 11) is 0. The molecule has 1 saturated heterocycles. The number of carbonyl (C=O) groups is 1. The number of carbonyl (C=O) groups excluding carboxylic acids is 1. The zero-order valence-electron chi connectivity index (χ0n) is 13.3. The van der Waals surface area contributed by atoms with Crippen LogP contribution in [-0.4, -0.2) is 17.5 Å². The van der Waals surface area contributed by atoms with Crippen LogP contribution in [0, 0.1) is 5.82 Å². The van der Waals surface area contributed by atoms with E-state index in [9.17, 15) is 9.18 Å². The molecular weight excluding hydrogens is 291 g/mol. The Labute approximate surface area is 136 Å². The fraction of sp³-hybridized carbons (Fsp3) is 0.316. The molecule has 1 fully saturated rings. The second kappa shape index (κ2) is 6.82. The maximum atomic E-state index is 13.4. The van der Waals surface area contributed by atoms with Crippen LogP contribution in [-0.2, 0) is 6.42 Å². The Hall–Kier alpha value is -2.36. The van der Waals surface area contributed by atoms with Gasteiger partial charge in [-0.1, -0.05) is 31.2 Å². The van der Waals surface area contributed by atoms with E-state index in [1.165, 1.54) is 17.7 Å². The Morgan fingerprint density at radius 3 is 2.74 bits per heavy atom. The average Bonchev–Trinajstić information content (AvgIpc) is 3.05. The molecule has 1 atom stereocenters. The molecule has 0 bridgehead atoms. The van der Waals surface area contributed by atoms with E-state index in [2.05, 4.69) is 12.2 Å². The van der Waals surface area contributed by atoms with Crippen molar-refractivity contribution in [3.05, 3.63) is 65.5 Å². The molecule has 2 amide bonds. The predicted molar refractivity (Wildman–Crippen MR) is 89.9 cm³/mol. The van der Waals surface area contributed by atoms with Crippen molar-refractivity contribution < 1.29 is 9.18 Å². The van der Waals surface area contributed by atoms with Crippen LogP contribution in [0.1, 0.15) is 36.9 Å². The van der Waals surface area contributed by atoms with E-state index < -0.39 is 0 Å². The second-order valence-electron chi connectivity index (χ2n) is 5.89. The molecule has 120 valence electrons. The molecule has 23 heavy (non-hydrogen) atoms. The van der Waals surface area contributed by atoms with Gasteiger partial charge >= 0.3 is 6.03 Å². The fourth-order valence-corrected chi connectivity index (χ4v) is 3.09. The van der Waals surface area contributed by atoms with Crippen LogP contribution in [0.5, 0.6) is 0 Å². The highest BCUT2D eigenvalue weighted by Crippen LogP contribution is 2.32. The van der Waals surface area contributed by atoms with Gasteiger partial charge in [0.05, 0.1) is 6.04 Å². The average molecular weight is 312 g/mol. The summed E-state index contributed by atoms with van der Waals surface area (Å²) >= 11 is 0. The van der Waals surface area contributed by atoms with E-state index >= 15 is 0 Å². The van der Waals surface area contributed by atoms with Crippen LogP contribution in [0.3, 0.4) is 0 Å². The molecule has 0 unspecified atom stereocenters. The third-order valence-electron chi connectivity index (χ3n) is 4.36. The summed E-state index contributed by atoms with van der Waals surface area (Å²) < 4.78 is 13.4. The number of nitrogens with one attached hydrogen (secondary N) is 1. The van der Waals surface area contributed by atoms with Gasteiger partial charge in [0.25, 0.3) is 0 Å². The number of aryl methyl sites for hydroxylation is 1. The van der Waals surface area contributed by atoms with E-state index in [0.717, 1.165) is 30.5 Å². The minimum Gasteiger partial charge on any atom is -0.317 e. The van der Waals surface area contributed by atoms with Gasteiger partial charge in [0, 0.05) is 12.2 Å². The highest BCUT2D eigenvalue weighted by Gasteiger charge is 2.30. The van der Waals surface area contributed by atoms with Gasteiger partial charge in [0.15, 0.2) is 0 Å². The lowest BCUT2D eigenvalue weighted by Crippen LogP contribution is -2.34. The summed E-state index contributed by atoms with van der Waals surface area (Å²) in [5, 5.41) is 2.94. The summed E-state index contributed by atoms with van der Waals surface area (Å²) in [6.07, 6.45) is 2.77. The molecule has 1 aliphatic heterocycles. The molecule has 1 N–H and O–H groups in total. The lowest BCUT2D eigenvalue weighted by Gasteiger charge is -2.25. The smallest absolute Gasteiger partial charge is 0.317 e. The standard InChI is InChI=1S/C19H21FN2O/c1-2-14-8-10-17(11-9-14)21-19(23)22-12-4-7-18(22)15-5-3-6-16(20)13-15/h3,5-6,8-11,13,18H,2,4,7,12H2,1H3,(H,21,23)/t18-/m0/s1. The maximum Gasteiger partial charge on any atom is 0.322 e. The summed E-state index contributed by atoms with van der Waals surface area (Å²) in [6, 6.07) is 14.2. The number of nitrogens with zero attached hydrogens (tertiary/aromatic N) is 1. The van der Waals surface area contributed by atoms with Crippen LogP contribution in [0.25, 0.3) is 0 Å². The Morgan fingerprint density at radius 1 is 1.26 bits per heavy atom. The van der Waals surface area contributed by atoms with Gasteiger partial charge in [-0.25, -0.2) is 9.18 Å². The molecule has 4 heteroatoms. The fourth-order valence-electron chi connectivity index (χ4n) is 3.09. The van der Waals surface area contributed by atoms with Gasteiger partial charge < -0.3 is 10.2 Å². The number of rotatable bonds is 3. The molecule has 0 aliphatic carbocycles. The summed E-state index contributed by atoms with van der Waals surface area (Å²) in [5.41, 5.74) is 2.89. The molecule has 2 aromatic rings. The number of halogens is 1. The van der Waals surface area contributed by atoms with Gasteiger partial charge in [-0.2, -0.15) is 0 Å². The first-order valence-corrected chi connectivity index (χ1v) is 8.09. The number of amides is 2. The molecular formula is C19H21FN2O. The van der Waals surface area contributed by atoms with E-state index in [4.69, 9.17) is 0 Å². The van der Waals surface area contributed by atoms with Gasteiger partial charge in [-0.3, -0.25) is 0 Å². The largest absolute Gasteiger partial charge is 0.322 e. The number of hydrogen-bond acceptors (Lipinski definition) is 1. The van der Waals surface area contributed by atoms with E-state index in [0.29, 0.717) is 6.54 Å². The second-order valence-corrected chi connectivity index (χ2v) is 5.89. The quantitative estimate of drug-likeness (QED) is 0.871. The van der Waals surface area contributed by atoms with Gasteiger partial charge in [-0.05, 0) is 54.7 Å². The van der Waals surface area contributed by atoms with E-state index in [1.807, 2.05) is 30.3 Å². The first-order chi connectivity index (χ1) is 11.2. The van der Waals surface area contributed by atoms with Crippen molar-refractivity contribution in [2.75, 3.05) is 11.9 Å². The molecule has 0 aromatic heterocycles. The van der Waals surface area contributed by atoms with Crippen LogP contribution >= 0.6 is 0 Å². The van der Waals surface area contributed by atoms with Gasteiger partial charge in [0.1, 0.15) is 5.82 Å². The SMILES string of the molecule is CCc1ccc(NC(=O)N2CCC[C@H]2c2cccc(F)c2)cc1. The van der Waals surface area contributed by atoms with Crippen molar-refractivity contribution in [2.45, 2.75) is 32.2 Å². The number of hydrogen-bond donors (Lipinski definition) is 1. The predicted octanol–water partition coefficient (Wildman–Crippen LogP) is 4.76. The summed E-state index contributed by atoms with van der Waals surface area (Å²) in [5.74, 6) is -0.259. The van der Waals surface area contributed by atoms with Crippen LogP contribution < -0.4 is 5.32 Å². The molecule has 1 heterocycles. The van der Waals surface area contributed by atoms with E-state index in [1.54, 1.807) is 11.0 Å². The first kappa shape index (κ1) is 15.5. The van der Waals surface area contributed by atoms with Crippen molar-refractivity contribution in [1.29, 1.82) is 0 Å². The molecule has 2 aromatic carbocycles. The first-order valence-electron chi connectivity index (χ1n) is 8.09. The molecule has 0 saturated carbocycles. The van der Waals surface area contributed by atoms with Crippen molar-refractivity contribution in [3.63, 3.8) is 0 Å². The monoisotopic (exact) mass is 312 g/mol. The minimum absolute atomic E-state index is 0.0550. The van der Waals surface area contributed by atoms with Gasteiger partial charge in [0.2, 0.25) is 0 Å².